The molecule has 0 aromatic carbocycles. The Hall–Kier alpha value is -0.186. The van der Waals surface area contributed by atoms with Crippen LogP contribution in [0, 0.1) is 0 Å². The van der Waals surface area contributed by atoms with Crippen LogP contribution in [0.2, 0.25) is 25.7 Å². The summed E-state index contributed by atoms with van der Waals surface area (Å²) in [5.41, 5.74) is 1.10. The van der Waals surface area contributed by atoms with Gasteiger partial charge in [-0.25, -0.2) is 0 Å². The maximum absolute atomic E-state index is 5.70. The smallest absolute Gasteiger partial charge is 0.500 e. The Kier molecular flexibility index (Phi) is 9.61. The van der Waals surface area contributed by atoms with E-state index in [0.29, 0.717) is 13.2 Å². The number of hydrogen-bond acceptors (Lipinski definition) is 5. The molecule has 20 heavy (non-hydrogen) atoms. The van der Waals surface area contributed by atoms with Gasteiger partial charge in [0.1, 0.15) is 0 Å². The van der Waals surface area contributed by atoms with Crippen molar-refractivity contribution in [2.45, 2.75) is 39.0 Å². The van der Waals surface area contributed by atoms with E-state index in [0.717, 1.165) is 18.0 Å². The SMILES string of the molecule is CO[Si](CCCOCC(C)=CO[Si](C)(C)C)(OC)OC. The summed E-state index contributed by atoms with van der Waals surface area (Å²) in [6.45, 7) is 9.72. The third-order valence-corrected chi connectivity index (χ3v) is 6.30. The predicted molar refractivity (Wildman–Crippen MR) is 85.2 cm³/mol. The lowest BCUT2D eigenvalue weighted by atomic mass is 10.4. The highest BCUT2D eigenvalue weighted by molar-refractivity contribution is 6.69. The molecular formula is C13H30O5Si2. The predicted octanol–water partition coefficient (Wildman–Crippen LogP) is 3.03. The molecule has 0 N–H and O–H groups in total. The van der Waals surface area contributed by atoms with Gasteiger partial charge in [0.25, 0.3) is 0 Å². The van der Waals surface area contributed by atoms with E-state index in [2.05, 4.69) is 19.6 Å². The van der Waals surface area contributed by atoms with Crippen LogP contribution >= 0.6 is 0 Å². The normalized spacial score (nSPS) is 13.7. The summed E-state index contributed by atoms with van der Waals surface area (Å²) in [6, 6.07) is 0.755. The van der Waals surface area contributed by atoms with Crippen molar-refractivity contribution in [3.05, 3.63) is 11.8 Å². The molecule has 0 saturated carbocycles. The van der Waals surface area contributed by atoms with Gasteiger partial charge in [-0.1, -0.05) is 0 Å². The van der Waals surface area contributed by atoms with Gasteiger partial charge in [0, 0.05) is 34.0 Å². The largest absolute Gasteiger partial charge is 0.550 e. The minimum absolute atomic E-state index is 0.589. The van der Waals surface area contributed by atoms with E-state index in [1.165, 1.54) is 0 Å². The fraction of sp³-hybridized carbons (Fsp3) is 0.846. The van der Waals surface area contributed by atoms with Gasteiger partial charge < -0.3 is 22.4 Å². The number of rotatable bonds is 11. The minimum atomic E-state index is -2.45. The second kappa shape index (κ2) is 9.70. The highest BCUT2D eigenvalue weighted by Gasteiger charge is 2.36. The Morgan fingerprint density at radius 3 is 2.00 bits per heavy atom. The fourth-order valence-corrected chi connectivity index (χ4v) is 3.74. The third kappa shape index (κ3) is 8.88. The summed E-state index contributed by atoms with van der Waals surface area (Å²) in [5.74, 6) is 0. The Morgan fingerprint density at radius 2 is 1.55 bits per heavy atom. The molecule has 0 spiro atoms. The van der Waals surface area contributed by atoms with Crippen LogP contribution in [0.3, 0.4) is 0 Å². The summed E-state index contributed by atoms with van der Waals surface area (Å²) >= 11 is 0. The maximum atomic E-state index is 5.70. The lowest BCUT2D eigenvalue weighted by Crippen LogP contribution is -2.42. The number of hydrogen-bond donors (Lipinski definition) is 0. The Balaban J connectivity index is 3.86. The topological polar surface area (TPSA) is 46.2 Å². The van der Waals surface area contributed by atoms with E-state index in [-0.39, 0.29) is 0 Å². The Bertz CT molecular complexity index is 277. The van der Waals surface area contributed by atoms with Gasteiger partial charge in [0.15, 0.2) is 0 Å². The lowest BCUT2D eigenvalue weighted by Gasteiger charge is -2.24. The minimum Gasteiger partial charge on any atom is -0.550 e. The van der Waals surface area contributed by atoms with Crippen LogP contribution in [0.25, 0.3) is 0 Å². The Morgan fingerprint density at radius 1 is 1.00 bits per heavy atom. The Labute approximate surface area is 125 Å². The standard InChI is InChI=1S/C13H30O5Si2/c1-13(12-18-19(5,6)7)11-17-9-8-10-20(14-2,15-3)16-4/h12H,8-11H2,1-7H3. The molecule has 0 saturated heterocycles. The lowest BCUT2D eigenvalue weighted by molar-refractivity contribution is 0.112. The van der Waals surface area contributed by atoms with Crippen molar-refractivity contribution in [1.82, 2.24) is 0 Å². The second-order valence-electron chi connectivity index (χ2n) is 5.65. The molecule has 0 atom stereocenters. The zero-order valence-electron chi connectivity index (χ0n) is 13.9. The monoisotopic (exact) mass is 322 g/mol. The van der Waals surface area contributed by atoms with E-state index in [1.807, 2.05) is 13.2 Å². The van der Waals surface area contributed by atoms with Crippen LogP contribution in [0.15, 0.2) is 11.8 Å². The van der Waals surface area contributed by atoms with Gasteiger partial charge in [-0.15, -0.1) is 0 Å². The molecule has 120 valence electrons. The van der Waals surface area contributed by atoms with Gasteiger partial charge >= 0.3 is 8.80 Å². The number of ether oxygens (including phenoxy) is 1. The molecule has 0 fully saturated rings. The summed E-state index contributed by atoms with van der Waals surface area (Å²) in [5, 5.41) is 0. The average Bonchev–Trinajstić information content (AvgIpc) is 2.40. The van der Waals surface area contributed by atoms with Crippen LogP contribution in [-0.4, -0.2) is 51.7 Å². The zero-order valence-corrected chi connectivity index (χ0v) is 15.9. The van der Waals surface area contributed by atoms with Gasteiger partial charge in [-0.3, -0.25) is 0 Å². The van der Waals surface area contributed by atoms with Crippen LogP contribution < -0.4 is 0 Å². The van der Waals surface area contributed by atoms with Gasteiger partial charge in [0.05, 0.1) is 12.9 Å². The van der Waals surface area contributed by atoms with Gasteiger partial charge in [-0.05, 0) is 38.6 Å². The average molecular weight is 323 g/mol. The second-order valence-corrected chi connectivity index (χ2v) is 13.2. The molecular weight excluding hydrogens is 292 g/mol. The first-order valence-electron chi connectivity index (χ1n) is 6.85. The van der Waals surface area contributed by atoms with E-state index in [4.69, 9.17) is 22.4 Å². The van der Waals surface area contributed by atoms with Crippen molar-refractivity contribution >= 4 is 17.1 Å². The molecule has 0 aromatic heterocycles. The molecule has 0 aliphatic rings. The van der Waals surface area contributed by atoms with Gasteiger partial charge in [-0.2, -0.15) is 0 Å². The van der Waals surface area contributed by atoms with Crippen molar-refractivity contribution in [3.63, 3.8) is 0 Å². The molecule has 0 heterocycles. The first-order valence-corrected chi connectivity index (χ1v) is 12.2. The summed E-state index contributed by atoms with van der Waals surface area (Å²) in [4.78, 5) is 0. The molecule has 7 heteroatoms. The van der Waals surface area contributed by atoms with Crippen LogP contribution in [-0.2, 0) is 22.4 Å². The zero-order chi connectivity index (χ0) is 15.6. The first kappa shape index (κ1) is 19.8. The van der Waals surface area contributed by atoms with Crippen LogP contribution in [0.1, 0.15) is 13.3 Å². The summed E-state index contributed by atoms with van der Waals surface area (Å²) < 4.78 is 27.4. The van der Waals surface area contributed by atoms with Crippen LogP contribution in [0.5, 0.6) is 0 Å². The maximum Gasteiger partial charge on any atom is 0.500 e. The molecule has 0 bridgehead atoms. The fourth-order valence-electron chi connectivity index (χ4n) is 1.49. The first-order chi connectivity index (χ1) is 9.28. The molecule has 0 radical (unpaired) electrons. The molecule has 0 unspecified atom stereocenters. The van der Waals surface area contributed by atoms with Crippen LogP contribution in [0.4, 0.5) is 0 Å². The van der Waals surface area contributed by atoms with Crippen molar-refractivity contribution in [2.75, 3.05) is 34.5 Å². The van der Waals surface area contributed by atoms with Crippen molar-refractivity contribution in [1.29, 1.82) is 0 Å². The quantitative estimate of drug-likeness (QED) is 0.332. The van der Waals surface area contributed by atoms with E-state index >= 15 is 0 Å². The summed E-state index contributed by atoms with van der Waals surface area (Å²) in [7, 11) is 0.939. The molecule has 0 rings (SSSR count). The van der Waals surface area contributed by atoms with Crippen molar-refractivity contribution in [2.24, 2.45) is 0 Å². The van der Waals surface area contributed by atoms with E-state index < -0.39 is 17.1 Å². The van der Waals surface area contributed by atoms with Crippen molar-refractivity contribution in [3.8, 4) is 0 Å². The molecule has 0 aliphatic carbocycles. The van der Waals surface area contributed by atoms with E-state index in [9.17, 15) is 0 Å². The molecule has 0 aromatic rings. The molecule has 5 nitrogen and oxygen atoms in total. The molecule has 0 aliphatic heterocycles. The highest BCUT2D eigenvalue weighted by atomic mass is 28.4. The van der Waals surface area contributed by atoms with Crippen molar-refractivity contribution < 1.29 is 22.4 Å². The highest BCUT2D eigenvalue weighted by Crippen LogP contribution is 2.15. The van der Waals surface area contributed by atoms with E-state index in [1.54, 1.807) is 21.3 Å². The molecule has 0 amide bonds. The van der Waals surface area contributed by atoms with Gasteiger partial charge in [0.2, 0.25) is 8.32 Å². The third-order valence-electron chi connectivity index (χ3n) is 2.65. The summed E-state index contributed by atoms with van der Waals surface area (Å²) in [6.07, 6.45) is 2.68.